The Kier molecular flexibility index (Phi) is 2.46. The Morgan fingerprint density at radius 1 is 1.50 bits per heavy atom. The molecular formula is C10H9Cl2FO. The summed E-state index contributed by atoms with van der Waals surface area (Å²) in [7, 11) is 0. The van der Waals surface area contributed by atoms with E-state index in [-0.39, 0.29) is 0 Å². The van der Waals surface area contributed by atoms with Crippen LogP contribution >= 0.6 is 23.2 Å². The normalized spacial score (nSPS) is 27.4. The van der Waals surface area contributed by atoms with E-state index in [1.165, 1.54) is 6.92 Å². The minimum Gasteiger partial charge on any atom is -0.361 e. The fourth-order valence-electron chi connectivity index (χ4n) is 1.51. The van der Waals surface area contributed by atoms with Crippen LogP contribution in [-0.4, -0.2) is 12.8 Å². The molecule has 0 spiro atoms. The zero-order chi connectivity index (χ0) is 10.3. The molecule has 1 aliphatic heterocycles. The molecule has 0 bridgehead atoms. The van der Waals surface area contributed by atoms with E-state index in [4.69, 9.17) is 27.9 Å². The van der Waals surface area contributed by atoms with E-state index in [1.807, 2.05) is 0 Å². The SMILES string of the molecule is CC(F)C1(c2ccc(Cl)cc2Cl)CO1. The largest absolute Gasteiger partial charge is 0.361 e. The van der Waals surface area contributed by atoms with E-state index in [0.717, 1.165) is 0 Å². The van der Waals surface area contributed by atoms with Crippen molar-refractivity contribution >= 4 is 23.2 Å². The molecule has 76 valence electrons. The predicted molar refractivity (Wildman–Crippen MR) is 54.7 cm³/mol. The van der Waals surface area contributed by atoms with Gasteiger partial charge in [-0.05, 0) is 19.1 Å². The fraction of sp³-hybridized carbons (Fsp3) is 0.400. The number of hydrogen-bond donors (Lipinski definition) is 0. The molecule has 1 saturated heterocycles. The smallest absolute Gasteiger partial charge is 0.149 e. The van der Waals surface area contributed by atoms with Crippen LogP contribution in [0.4, 0.5) is 4.39 Å². The van der Waals surface area contributed by atoms with Crippen molar-refractivity contribution in [2.75, 3.05) is 6.61 Å². The van der Waals surface area contributed by atoms with Gasteiger partial charge < -0.3 is 4.74 Å². The zero-order valence-corrected chi connectivity index (χ0v) is 9.07. The van der Waals surface area contributed by atoms with Crippen LogP contribution in [0.25, 0.3) is 0 Å². The highest BCUT2D eigenvalue weighted by Gasteiger charge is 2.53. The summed E-state index contributed by atoms with van der Waals surface area (Å²) in [5, 5.41) is 1.00. The molecule has 1 aromatic rings. The molecule has 1 heterocycles. The Balaban J connectivity index is 2.42. The fourth-order valence-corrected chi connectivity index (χ4v) is 2.08. The first-order valence-corrected chi connectivity index (χ1v) is 5.05. The molecule has 2 atom stereocenters. The monoisotopic (exact) mass is 234 g/mol. The van der Waals surface area contributed by atoms with Crippen molar-refractivity contribution in [3.8, 4) is 0 Å². The second-order valence-corrected chi connectivity index (χ2v) is 4.26. The van der Waals surface area contributed by atoms with Gasteiger partial charge in [-0.15, -0.1) is 0 Å². The standard InChI is InChI=1S/C10H9Cl2FO/c1-6(13)10(5-14-10)8-3-2-7(11)4-9(8)12/h2-4,6H,5H2,1H3. The second-order valence-electron chi connectivity index (χ2n) is 3.42. The Hall–Kier alpha value is -0.310. The lowest BCUT2D eigenvalue weighted by Gasteiger charge is -2.15. The van der Waals surface area contributed by atoms with Crippen LogP contribution < -0.4 is 0 Å². The first-order chi connectivity index (χ1) is 6.56. The van der Waals surface area contributed by atoms with Crippen LogP contribution in [0.5, 0.6) is 0 Å². The summed E-state index contributed by atoms with van der Waals surface area (Å²) in [6.07, 6.45) is -1.07. The van der Waals surface area contributed by atoms with Gasteiger partial charge in [0, 0.05) is 15.6 Å². The average molecular weight is 235 g/mol. The van der Waals surface area contributed by atoms with Crippen molar-refractivity contribution in [2.45, 2.75) is 18.7 Å². The molecule has 2 unspecified atom stereocenters. The maximum absolute atomic E-state index is 13.3. The van der Waals surface area contributed by atoms with Crippen LogP contribution in [0.15, 0.2) is 18.2 Å². The molecule has 0 aliphatic carbocycles. The van der Waals surface area contributed by atoms with Gasteiger partial charge in [-0.2, -0.15) is 0 Å². The highest BCUT2D eigenvalue weighted by atomic mass is 35.5. The number of rotatable bonds is 2. The van der Waals surface area contributed by atoms with E-state index < -0.39 is 11.8 Å². The molecule has 0 N–H and O–H groups in total. The molecule has 1 fully saturated rings. The van der Waals surface area contributed by atoms with Crippen LogP contribution in [0.1, 0.15) is 12.5 Å². The molecule has 0 aromatic heterocycles. The molecule has 14 heavy (non-hydrogen) atoms. The average Bonchev–Trinajstić information content (AvgIpc) is 2.84. The number of epoxide rings is 1. The summed E-state index contributed by atoms with van der Waals surface area (Å²) in [5.41, 5.74) is -0.152. The summed E-state index contributed by atoms with van der Waals surface area (Å²) in [6.45, 7) is 1.85. The van der Waals surface area contributed by atoms with Crippen molar-refractivity contribution in [3.05, 3.63) is 33.8 Å². The number of alkyl halides is 1. The quantitative estimate of drug-likeness (QED) is 0.713. The van der Waals surface area contributed by atoms with Crippen molar-refractivity contribution in [3.63, 3.8) is 0 Å². The highest BCUT2D eigenvalue weighted by molar-refractivity contribution is 6.35. The zero-order valence-electron chi connectivity index (χ0n) is 7.56. The molecule has 0 amide bonds. The number of hydrogen-bond acceptors (Lipinski definition) is 1. The first kappa shape index (κ1) is 10.2. The van der Waals surface area contributed by atoms with Crippen LogP contribution in [0, 0.1) is 0 Å². The van der Waals surface area contributed by atoms with Crippen LogP contribution in [0.2, 0.25) is 10.0 Å². The minimum atomic E-state index is -1.07. The summed E-state index contributed by atoms with van der Waals surface area (Å²) >= 11 is 11.7. The van der Waals surface area contributed by atoms with Gasteiger partial charge in [0.25, 0.3) is 0 Å². The molecular weight excluding hydrogens is 226 g/mol. The topological polar surface area (TPSA) is 12.5 Å². The van der Waals surface area contributed by atoms with E-state index >= 15 is 0 Å². The number of ether oxygens (including phenoxy) is 1. The van der Waals surface area contributed by atoms with Gasteiger partial charge in [-0.25, -0.2) is 4.39 Å². The van der Waals surface area contributed by atoms with E-state index in [0.29, 0.717) is 22.2 Å². The Labute approximate surface area is 91.8 Å². The summed E-state index contributed by atoms with van der Waals surface area (Å²) in [4.78, 5) is 0. The summed E-state index contributed by atoms with van der Waals surface area (Å²) < 4.78 is 18.5. The van der Waals surface area contributed by atoms with Gasteiger partial charge >= 0.3 is 0 Å². The van der Waals surface area contributed by atoms with E-state index in [9.17, 15) is 4.39 Å². The van der Waals surface area contributed by atoms with Gasteiger partial charge in [-0.1, -0.05) is 29.3 Å². The van der Waals surface area contributed by atoms with Crippen molar-refractivity contribution in [1.82, 2.24) is 0 Å². The second kappa shape index (κ2) is 3.37. The lowest BCUT2D eigenvalue weighted by atomic mass is 9.96. The summed E-state index contributed by atoms with van der Waals surface area (Å²) in [6, 6.07) is 5.01. The predicted octanol–water partition coefficient (Wildman–Crippen LogP) is 3.58. The number of benzene rings is 1. The Morgan fingerprint density at radius 3 is 2.57 bits per heavy atom. The number of halogens is 3. The van der Waals surface area contributed by atoms with Gasteiger partial charge in [0.15, 0.2) is 0 Å². The Morgan fingerprint density at radius 2 is 2.14 bits per heavy atom. The molecule has 0 radical (unpaired) electrons. The highest BCUT2D eigenvalue weighted by Crippen LogP contribution is 2.46. The lowest BCUT2D eigenvalue weighted by molar-refractivity contribution is 0.176. The maximum Gasteiger partial charge on any atom is 0.149 e. The Bertz CT molecular complexity index is 361. The third kappa shape index (κ3) is 1.52. The maximum atomic E-state index is 13.3. The van der Waals surface area contributed by atoms with E-state index in [2.05, 4.69) is 0 Å². The van der Waals surface area contributed by atoms with Crippen molar-refractivity contribution in [1.29, 1.82) is 0 Å². The van der Waals surface area contributed by atoms with Gasteiger partial charge in [-0.3, -0.25) is 0 Å². The minimum absolute atomic E-state index is 0.381. The lowest BCUT2D eigenvalue weighted by Crippen LogP contribution is -2.20. The third-order valence-electron chi connectivity index (χ3n) is 2.48. The van der Waals surface area contributed by atoms with Gasteiger partial charge in [0.05, 0.1) is 6.61 Å². The van der Waals surface area contributed by atoms with E-state index in [1.54, 1.807) is 18.2 Å². The molecule has 1 nitrogen and oxygen atoms in total. The van der Waals surface area contributed by atoms with Crippen molar-refractivity contribution < 1.29 is 9.13 Å². The molecule has 1 aromatic carbocycles. The van der Waals surface area contributed by atoms with Crippen LogP contribution in [-0.2, 0) is 10.3 Å². The molecule has 4 heteroatoms. The van der Waals surface area contributed by atoms with Crippen molar-refractivity contribution in [2.24, 2.45) is 0 Å². The molecule has 0 saturated carbocycles. The van der Waals surface area contributed by atoms with Crippen LogP contribution in [0.3, 0.4) is 0 Å². The van der Waals surface area contributed by atoms with Gasteiger partial charge in [0.2, 0.25) is 0 Å². The van der Waals surface area contributed by atoms with Gasteiger partial charge in [0.1, 0.15) is 11.8 Å². The molecule has 1 aliphatic rings. The first-order valence-electron chi connectivity index (χ1n) is 4.30. The molecule has 2 rings (SSSR count). The summed E-state index contributed by atoms with van der Waals surface area (Å²) in [5.74, 6) is 0. The third-order valence-corrected chi connectivity index (χ3v) is 3.03.